The number of ether oxygens (including phenoxy) is 1. The Hall–Kier alpha value is -1.16. The minimum absolute atomic E-state index is 0.202. The standard InChI is InChI=1S/C17H27F2NO/c1-4-5-6-11-17(2,3)13-20-12-14-7-9-15(10-8-14)21-16(18)19/h7-10,16,20H,4-6,11-13H2,1-3H3. The van der Waals surface area contributed by atoms with Crippen molar-refractivity contribution in [3.63, 3.8) is 0 Å². The van der Waals surface area contributed by atoms with Gasteiger partial charge in [0, 0.05) is 13.1 Å². The highest BCUT2D eigenvalue weighted by Crippen LogP contribution is 2.23. The second-order valence-corrected chi connectivity index (χ2v) is 6.25. The van der Waals surface area contributed by atoms with E-state index in [2.05, 4.69) is 30.8 Å². The molecule has 1 aromatic rings. The molecule has 0 bridgehead atoms. The number of halogens is 2. The summed E-state index contributed by atoms with van der Waals surface area (Å²) >= 11 is 0. The Kier molecular flexibility index (Phi) is 7.65. The summed E-state index contributed by atoms with van der Waals surface area (Å²) in [6.45, 7) is 5.69. The minimum atomic E-state index is -2.77. The molecule has 0 unspecified atom stereocenters. The first-order valence-electron chi connectivity index (χ1n) is 7.67. The van der Waals surface area contributed by atoms with E-state index in [1.165, 1.54) is 25.7 Å². The summed E-state index contributed by atoms with van der Waals surface area (Å²) in [6, 6.07) is 6.79. The van der Waals surface area contributed by atoms with Crippen molar-refractivity contribution >= 4 is 0 Å². The van der Waals surface area contributed by atoms with Crippen molar-refractivity contribution in [1.82, 2.24) is 5.32 Å². The largest absolute Gasteiger partial charge is 0.435 e. The molecule has 0 aliphatic rings. The van der Waals surface area contributed by atoms with Gasteiger partial charge in [-0.15, -0.1) is 0 Å². The average Bonchev–Trinajstić information content (AvgIpc) is 2.40. The lowest BCUT2D eigenvalue weighted by molar-refractivity contribution is -0.0498. The van der Waals surface area contributed by atoms with Gasteiger partial charge in [0.2, 0.25) is 0 Å². The predicted octanol–water partition coefficient (Wildman–Crippen LogP) is 4.98. The van der Waals surface area contributed by atoms with Gasteiger partial charge in [-0.2, -0.15) is 8.78 Å². The van der Waals surface area contributed by atoms with Crippen molar-refractivity contribution in [2.75, 3.05) is 6.54 Å². The van der Waals surface area contributed by atoms with Gasteiger partial charge in [0.05, 0.1) is 0 Å². The van der Waals surface area contributed by atoms with Crippen LogP contribution in [0.3, 0.4) is 0 Å². The fraction of sp³-hybridized carbons (Fsp3) is 0.647. The maximum Gasteiger partial charge on any atom is 0.387 e. The zero-order chi connectivity index (χ0) is 15.7. The molecule has 0 heterocycles. The summed E-state index contributed by atoms with van der Waals surface area (Å²) in [5.41, 5.74) is 1.36. The number of hydrogen-bond donors (Lipinski definition) is 1. The fourth-order valence-corrected chi connectivity index (χ4v) is 2.28. The zero-order valence-electron chi connectivity index (χ0n) is 13.3. The molecule has 1 N–H and O–H groups in total. The quantitative estimate of drug-likeness (QED) is 0.615. The molecule has 2 nitrogen and oxygen atoms in total. The third kappa shape index (κ3) is 8.00. The van der Waals surface area contributed by atoms with Crippen LogP contribution in [-0.2, 0) is 6.54 Å². The SMILES string of the molecule is CCCCCC(C)(C)CNCc1ccc(OC(F)F)cc1. The van der Waals surface area contributed by atoms with E-state index in [-0.39, 0.29) is 11.2 Å². The van der Waals surface area contributed by atoms with Crippen LogP contribution in [0.4, 0.5) is 8.78 Å². The normalized spacial score (nSPS) is 11.9. The van der Waals surface area contributed by atoms with Crippen LogP contribution in [0, 0.1) is 5.41 Å². The highest BCUT2D eigenvalue weighted by Gasteiger charge is 2.16. The smallest absolute Gasteiger partial charge is 0.387 e. The monoisotopic (exact) mass is 299 g/mol. The summed E-state index contributed by atoms with van der Waals surface area (Å²) < 4.78 is 28.4. The lowest BCUT2D eigenvalue weighted by Gasteiger charge is -2.25. The van der Waals surface area contributed by atoms with Crippen molar-refractivity contribution in [1.29, 1.82) is 0 Å². The molecule has 0 radical (unpaired) electrons. The van der Waals surface area contributed by atoms with E-state index in [1.807, 2.05) is 12.1 Å². The van der Waals surface area contributed by atoms with E-state index in [0.717, 1.165) is 18.7 Å². The third-order valence-corrected chi connectivity index (χ3v) is 3.54. The first kappa shape index (κ1) is 17.9. The van der Waals surface area contributed by atoms with Crippen LogP contribution in [0.5, 0.6) is 5.75 Å². The Labute approximate surface area is 126 Å². The average molecular weight is 299 g/mol. The number of alkyl halides is 2. The van der Waals surface area contributed by atoms with Gasteiger partial charge < -0.3 is 10.1 Å². The van der Waals surface area contributed by atoms with Gasteiger partial charge in [0.25, 0.3) is 0 Å². The Balaban J connectivity index is 2.31. The minimum Gasteiger partial charge on any atom is -0.435 e. The van der Waals surface area contributed by atoms with Crippen molar-refractivity contribution in [2.24, 2.45) is 5.41 Å². The van der Waals surface area contributed by atoms with Gasteiger partial charge >= 0.3 is 6.61 Å². The molecule has 0 saturated heterocycles. The zero-order valence-corrected chi connectivity index (χ0v) is 13.3. The van der Waals surface area contributed by atoms with Crippen LogP contribution in [0.1, 0.15) is 52.0 Å². The highest BCUT2D eigenvalue weighted by molar-refractivity contribution is 5.27. The maximum atomic E-state index is 12.0. The van der Waals surface area contributed by atoms with Gasteiger partial charge in [-0.25, -0.2) is 0 Å². The van der Waals surface area contributed by atoms with E-state index >= 15 is 0 Å². The van der Waals surface area contributed by atoms with Crippen LogP contribution in [0.15, 0.2) is 24.3 Å². The second-order valence-electron chi connectivity index (χ2n) is 6.25. The van der Waals surface area contributed by atoms with Crippen LogP contribution in [-0.4, -0.2) is 13.2 Å². The number of benzene rings is 1. The molecule has 0 fully saturated rings. The highest BCUT2D eigenvalue weighted by atomic mass is 19.3. The Morgan fingerprint density at radius 3 is 2.38 bits per heavy atom. The summed E-state index contributed by atoms with van der Waals surface area (Å²) in [5.74, 6) is 0.202. The summed E-state index contributed by atoms with van der Waals surface area (Å²) in [6.07, 6.45) is 5.02. The topological polar surface area (TPSA) is 21.3 Å². The number of hydrogen-bond acceptors (Lipinski definition) is 2. The van der Waals surface area contributed by atoms with E-state index in [9.17, 15) is 8.78 Å². The van der Waals surface area contributed by atoms with E-state index in [1.54, 1.807) is 12.1 Å². The molecule has 0 amide bonds. The fourth-order valence-electron chi connectivity index (χ4n) is 2.28. The van der Waals surface area contributed by atoms with Crippen LogP contribution < -0.4 is 10.1 Å². The predicted molar refractivity (Wildman–Crippen MR) is 82.7 cm³/mol. The molecule has 0 aliphatic carbocycles. The maximum absolute atomic E-state index is 12.0. The Bertz CT molecular complexity index is 390. The molecular formula is C17H27F2NO. The summed E-state index contributed by atoms with van der Waals surface area (Å²) in [5, 5.41) is 3.44. The van der Waals surface area contributed by atoms with Gasteiger partial charge in [0.1, 0.15) is 5.75 Å². The molecule has 120 valence electrons. The molecule has 0 aromatic heterocycles. The van der Waals surface area contributed by atoms with Crippen LogP contribution >= 0.6 is 0 Å². The third-order valence-electron chi connectivity index (χ3n) is 3.54. The van der Waals surface area contributed by atoms with Gasteiger partial charge in [-0.3, -0.25) is 0 Å². The molecule has 0 atom stereocenters. The summed E-state index contributed by atoms with van der Waals surface area (Å²) in [7, 11) is 0. The second kappa shape index (κ2) is 8.98. The van der Waals surface area contributed by atoms with E-state index < -0.39 is 6.61 Å². The van der Waals surface area contributed by atoms with Gasteiger partial charge in [0.15, 0.2) is 0 Å². The van der Waals surface area contributed by atoms with Gasteiger partial charge in [-0.05, 0) is 29.5 Å². The Morgan fingerprint density at radius 1 is 1.14 bits per heavy atom. The van der Waals surface area contributed by atoms with Crippen LogP contribution in [0.25, 0.3) is 0 Å². The number of nitrogens with one attached hydrogen (secondary N) is 1. The molecule has 21 heavy (non-hydrogen) atoms. The van der Waals surface area contributed by atoms with Gasteiger partial charge in [-0.1, -0.05) is 52.2 Å². The molecular weight excluding hydrogens is 272 g/mol. The van der Waals surface area contributed by atoms with Crippen LogP contribution in [0.2, 0.25) is 0 Å². The lowest BCUT2D eigenvalue weighted by atomic mass is 9.87. The molecule has 0 aliphatic heterocycles. The molecule has 0 spiro atoms. The summed E-state index contributed by atoms with van der Waals surface area (Å²) in [4.78, 5) is 0. The number of unbranched alkanes of at least 4 members (excludes halogenated alkanes) is 2. The molecule has 1 aromatic carbocycles. The van der Waals surface area contributed by atoms with Crippen molar-refractivity contribution < 1.29 is 13.5 Å². The molecule has 1 rings (SSSR count). The lowest BCUT2D eigenvalue weighted by Crippen LogP contribution is -2.29. The molecule has 0 saturated carbocycles. The Morgan fingerprint density at radius 2 is 1.81 bits per heavy atom. The number of rotatable bonds is 10. The molecule has 4 heteroatoms. The van der Waals surface area contributed by atoms with E-state index in [4.69, 9.17) is 0 Å². The van der Waals surface area contributed by atoms with E-state index in [0.29, 0.717) is 0 Å². The van der Waals surface area contributed by atoms with Crippen molar-refractivity contribution in [3.8, 4) is 5.75 Å². The van der Waals surface area contributed by atoms with Crippen molar-refractivity contribution in [3.05, 3.63) is 29.8 Å². The van der Waals surface area contributed by atoms with Crippen molar-refractivity contribution in [2.45, 2.75) is 59.6 Å². The first-order chi connectivity index (χ1) is 9.93. The first-order valence-corrected chi connectivity index (χ1v) is 7.67.